The second-order valence-corrected chi connectivity index (χ2v) is 5.30. The fraction of sp³-hybridized carbons (Fsp3) is 0.222. The van der Waals surface area contributed by atoms with Gasteiger partial charge in [-0.3, -0.25) is 9.59 Å². The molecule has 22 heavy (non-hydrogen) atoms. The van der Waals surface area contributed by atoms with Crippen LogP contribution in [-0.2, 0) is 4.79 Å². The van der Waals surface area contributed by atoms with Crippen molar-refractivity contribution < 1.29 is 14.3 Å². The SMILES string of the molecule is CC(C)c1ccc(NC(=O)COc2cccc(C=O)c2)cc1. The molecule has 4 nitrogen and oxygen atoms in total. The molecule has 0 aromatic heterocycles. The third kappa shape index (κ3) is 4.45. The van der Waals surface area contributed by atoms with Gasteiger partial charge in [0.05, 0.1) is 0 Å². The highest BCUT2D eigenvalue weighted by molar-refractivity contribution is 5.91. The van der Waals surface area contributed by atoms with Crippen LogP contribution < -0.4 is 10.1 Å². The van der Waals surface area contributed by atoms with Gasteiger partial charge in [0.2, 0.25) is 0 Å². The first-order valence-electron chi connectivity index (χ1n) is 7.16. The van der Waals surface area contributed by atoms with Crippen LogP contribution >= 0.6 is 0 Å². The summed E-state index contributed by atoms with van der Waals surface area (Å²) >= 11 is 0. The number of benzene rings is 2. The molecular weight excluding hydrogens is 278 g/mol. The van der Waals surface area contributed by atoms with Crippen molar-refractivity contribution in [2.75, 3.05) is 11.9 Å². The quantitative estimate of drug-likeness (QED) is 0.828. The highest BCUT2D eigenvalue weighted by Crippen LogP contribution is 2.17. The lowest BCUT2D eigenvalue weighted by atomic mass is 10.0. The van der Waals surface area contributed by atoms with Crippen molar-refractivity contribution in [2.45, 2.75) is 19.8 Å². The van der Waals surface area contributed by atoms with Crippen LogP contribution in [0.15, 0.2) is 48.5 Å². The Hall–Kier alpha value is -2.62. The summed E-state index contributed by atoms with van der Waals surface area (Å²) in [4.78, 5) is 22.5. The normalized spacial score (nSPS) is 10.3. The summed E-state index contributed by atoms with van der Waals surface area (Å²) in [6.45, 7) is 4.14. The molecule has 0 aliphatic carbocycles. The van der Waals surface area contributed by atoms with E-state index in [9.17, 15) is 9.59 Å². The second-order valence-electron chi connectivity index (χ2n) is 5.30. The maximum atomic E-state index is 11.9. The predicted molar refractivity (Wildman–Crippen MR) is 86.5 cm³/mol. The lowest BCUT2D eigenvalue weighted by Crippen LogP contribution is -2.20. The van der Waals surface area contributed by atoms with Crippen molar-refractivity contribution in [2.24, 2.45) is 0 Å². The van der Waals surface area contributed by atoms with Crippen LogP contribution in [0.3, 0.4) is 0 Å². The smallest absolute Gasteiger partial charge is 0.262 e. The fourth-order valence-corrected chi connectivity index (χ4v) is 1.97. The van der Waals surface area contributed by atoms with Crippen molar-refractivity contribution in [1.82, 2.24) is 0 Å². The molecule has 2 aromatic rings. The Labute approximate surface area is 130 Å². The Bertz CT molecular complexity index is 648. The summed E-state index contributed by atoms with van der Waals surface area (Å²) < 4.78 is 5.37. The van der Waals surface area contributed by atoms with E-state index in [1.54, 1.807) is 24.3 Å². The van der Waals surface area contributed by atoms with E-state index in [2.05, 4.69) is 19.2 Å². The van der Waals surface area contributed by atoms with E-state index < -0.39 is 0 Å². The number of rotatable bonds is 6. The van der Waals surface area contributed by atoms with Crippen LogP contribution in [0.2, 0.25) is 0 Å². The highest BCUT2D eigenvalue weighted by Gasteiger charge is 2.05. The Morgan fingerprint density at radius 3 is 2.55 bits per heavy atom. The van der Waals surface area contributed by atoms with Gasteiger partial charge in [-0.2, -0.15) is 0 Å². The van der Waals surface area contributed by atoms with E-state index in [0.29, 0.717) is 17.2 Å². The molecule has 0 aliphatic heterocycles. The first kappa shape index (κ1) is 15.8. The molecule has 0 saturated carbocycles. The van der Waals surface area contributed by atoms with Gasteiger partial charge in [-0.15, -0.1) is 0 Å². The van der Waals surface area contributed by atoms with Crippen LogP contribution in [0.1, 0.15) is 35.7 Å². The van der Waals surface area contributed by atoms with E-state index in [1.807, 2.05) is 24.3 Å². The van der Waals surface area contributed by atoms with E-state index in [0.717, 1.165) is 12.0 Å². The summed E-state index contributed by atoms with van der Waals surface area (Å²) in [7, 11) is 0. The van der Waals surface area contributed by atoms with Crippen LogP contribution in [0.4, 0.5) is 5.69 Å². The third-order valence-electron chi connectivity index (χ3n) is 3.23. The largest absolute Gasteiger partial charge is 0.484 e. The van der Waals surface area contributed by atoms with Gasteiger partial charge in [-0.05, 0) is 35.7 Å². The number of hydrogen-bond donors (Lipinski definition) is 1. The summed E-state index contributed by atoms with van der Waals surface area (Å²) in [6, 6.07) is 14.4. The van der Waals surface area contributed by atoms with Gasteiger partial charge in [-0.1, -0.05) is 38.1 Å². The summed E-state index contributed by atoms with van der Waals surface area (Å²) in [5.41, 5.74) is 2.47. The molecule has 1 amide bonds. The van der Waals surface area contributed by atoms with E-state index in [-0.39, 0.29) is 12.5 Å². The Kier molecular flexibility index (Phi) is 5.31. The van der Waals surface area contributed by atoms with Gasteiger partial charge in [0.15, 0.2) is 6.61 Å². The lowest BCUT2D eigenvalue weighted by Gasteiger charge is -2.09. The number of carbonyl (C=O) groups is 2. The predicted octanol–water partition coefficient (Wildman–Crippen LogP) is 3.64. The molecule has 0 atom stereocenters. The zero-order valence-corrected chi connectivity index (χ0v) is 12.7. The molecule has 1 N–H and O–H groups in total. The average Bonchev–Trinajstić information content (AvgIpc) is 2.53. The molecule has 0 saturated heterocycles. The van der Waals surface area contributed by atoms with Gasteiger partial charge in [0, 0.05) is 11.3 Å². The maximum Gasteiger partial charge on any atom is 0.262 e. The number of ether oxygens (including phenoxy) is 1. The van der Waals surface area contributed by atoms with Gasteiger partial charge in [-0.25, -0.2) is 0 Å². The number of hydrogen-bond acceptors (Lipinski definition) is 3. The maximum absolute atomic E-state index is 11.9. The first-order chi connectivity index (χ1) is 10.6. The number of anilines is 1. The zero-order chi connectivity index (χ0) is 15.9. The second kappa shape index (κ2) is 7.41. The first-order valence-corrected chi connectivity index (χ1v) is 7.16. The minimum atomic E-state index is -0.242. The molecule has 4 heteroatoms. The number of aldehydes is 1. The topological polar surface area (TPSA) is 55.4 Å². The average molecular weight is 297 g/mol. The Morgan fingerprint density at radius 2 is 1.91 bits per heavy atom. The standard InChI is InChI=1S/C18H19NO3/c1-13(2)15-6-8-16(9-7-15)19-18(21)12-22-17-5-3-4-14(10-17)11-20/h3-11,13H,12H2,1-2H3,(H,19,21). The highest BCUT2D eigenvalue weighted by atomic mass is 16.5. The molecule has 0 fully saturated rings. The van der Waals surface area contributed by atoms with Crippen molar-refractivity contribution in [3.8, 4) is 5.75 Å². The molecule has 2 rings (SSSR count). The molecule has 2 aromatic carbocycles. The van der Waals surface area contributed by atoms with Gasteiger partial charge >= 0.3 is 0 Å². The van der Waals surface area contributed by atoms with Gasteiger partial charge < -0.3 is 10.1 Å². The van der Waals surface area contributed by atoms with Crippen molar-refractivity contribution >= 4 is 17.9 Å². The number of nitrogens with one attached hydrogen (secondary N) is 1. The van der Waals surface area contributed by atoms with Crippen molar-refractivity contribution in [3.05, 3.63) is 59.7 Å². The number of carbonyl (C=O) groups excluding carboxylic acids is 2. The van der Waals surface area contributed by atoms with Crippen LogP contribution in [0.5, 0.6) is 5.75 Å². The van der Waals surface area contributed by atoms with Crippen LogP contribution in [0.25, 0.3) is 0 Å². The fourth-order valence-electron chi connectivity index (χ4n) is 1.97. The summed E-state index contributed by atoms with van der Waals surface area (Å²) in [5, 5.41) is 2.77. The third-order valence-corrected chi connectivity index (χ3v) is 3.23. The van der Waals surface area contributed by atoms with E-state index in [1.165, 1.54) is 5.56 Å². The molecule has 114 valence electrons. The molecule has 0 aliphatic rings. The van der Waals surface area contributed by atoms with E-state index in [4.69, 9.17) is 4.74 Å². The van der Waals surface area contributed by atoms with Crippen molar-refractivity contribution in [3.63, 3.8) is 0 Å². The van der Waals surface area contributed by atoms with Crippen LogP contribution in [0, 0.1) is 0 Å². The van der Waals surface area contributed by atoms with Gasteiger partial charge in [0.1, 0.15) is 12.0 Å². The lowest BCUT2D eigenvalue weighted by molar-refractivity contribution is -0.118. The molecular formula is C18H19NO3. The Balaban J connectivity index is 1.88. The molecule has 0 radical (unpaired) electrons. The van der Waals surface area contributed by atoms with Crippen molar-refractivity contribution in [1.29, 1.82) is 0 Å². The molecule has 0 unspecified atom stereocenters. The van der Waals surface area contributed by atoms with E-state index >= 15 is 0 Å². The Morgan fingerprint density at radius 1 is 1.18 bits per heavy atom. The monoisotopic (exact) mass is 297 g/mol. The summed E-state index contributed by atoms with van der Waals surface area (Å²) in [5.74, 6) is 0.710. The molecule has 0 bridgehead atoms. The molecule has 0 spiro atoms. The zero-order valence-electron chi connectivity index (χ0n) is 12.7. The summed E-state index contributed by atoms with van der Waals surface area (Å²) in [6.07, 6.45) is 0.739. The number of amides is 1. The van der Waals surface area contributed by atoms with Crippen LogP contribution in [-0.4, -0.2) is 18.8 Å². The minimum absolute atomic E-state index is 0.103. The minimum Gasteiger partial charge on any atom is -0.484 e. The molecule has 0 heterocycles. The van der Waals surface area contributed by atoms with Gasteiger partial charge in [0.25, 0.3) is 5.91 Å².